The van der Waals surface area contributed by atoms with E-state index < -0.39 is 10.2 Å². The summed E-state index contributed by atoms with van der Waals surface area (Å²) in [5, 5.41) is 5.12. The lowest BCUT2D eigenvalue weighted by Crippen LogP contribution is -2.41. The highest BCUT2D eigenvalue weighted by Crippen LogP contribution is 2.17. The van der Waals surface area contributed by atoms with Crippen molar-refractivity contribution in [2.75, 3.05) is 12.3 Å². The number of aliphatic imine (C=N–C) groups is 2. The van der Waals surface area contributed by atoms with Gasteiger partial charge in [-0.1, -0.05) is 0 Å². The van der Waals surface area contributed by atoms with Crippen LogP contribution in [-0.2, 0) is 16.0 Å². The molecule has 9 N–H and O–H groups in total. The number of thioether (sulfide) groups is 1. The minimum Gasteiger partial charge on any atom is -0.370 e. The summed E-state index contributed by atoms with van der Waals surface area (Å²) in [7, 11) is -3.88. The summed E-state index contributed by atoms with van der Waals surface area (Å²) in [4.78, 5) is 11.7. The van der Waals surface area contributed by atoms with E-state index in [0.717, 1.165) is 11.5 Å². The highest BCUT2D eigenvalue weighted by Gasteiger charge is 2.04. The second kappa shape index (κ2) is 7.96. The van der Waals surface area contributed by atoms with E-state index in [2.05, 4.69) is 19.3 Å². The zero-order valence-corrected chi connectivity index (χ0v) is 13.2. The van der Waals surface area contributed by atoms with Crippen molar-refractivity contribution in [2.45, 2.75) is 5.75 Å². The predicted octanol–water partition coefficient (Wildman–Crippen LogP) is -2.22. The lowest BCUT2D eigenvalue weighted by atomic mass is 10.7. The van der Waals surface area contributed by atoms with E-state index >= 15 is 0 Å². The van der Waals surface area contributed by atoms with Crippen molar-refractivity contribution >= 4 is 50.6 Å². The van der Waals surface area contributed by atoms with Gasteiger partial charge in [0, 0.05) is 17.3 Å². The Morgan fingerprint density at radius 1 is 1.38 bits per heavy atom. The Morgan fingerprint density at radius 2 is 2.10 bits per heavy atom. The van der Waals surface area contributed by atoms with Gasteiger partial charge in [-0.25, -0.2) is 14.8 Å². The largest absolute Gasteiger partial charge is 0.370 e. The first-order valence-corrected chi connectivity index (χ1v) is 8.84. The minimum atomic E-state index is -3.88. The predicted molar refractivity (Wildman–Crippen MR) is 84.3 cm³/mol. The van der Waals surface area contributed by atoms with Crippen LogP contribution < -0.4 is 27.1 Å². The summed E-state index contributed by atoms with van der Waals surface area (Å²) in [5.74, 6) is 1.43. The molecule has 0 spiro atoms. The molecule has 0 fully saturated rings. The molecular formula is C7H15N9O2S3. The molecule has 21 heavy (non-hydrogen) atoms. The average molecular weight is 353 g/mol. The molecule has 1 aromatic rings. The summed E-state index contributed by atoms with van der Waals surface area (Å²) < 4.78 is 27.2. The van der Waals surface area contributed by atoms with E-state index in [9.17, 15) is 8.42 Å². The molecule has 11 nitrogen and oxygen atoms in total. The van der Waals surface area contributed by atoms with Crippen LogP contribution in [0.15, 0.2) is 9.98 Å². The Kier molecular flexibility index (Phi) is 6.60. The van der Waals surface area contributed by atoms with Gasteiger partial charge in [0.15, 0.2) is 11.8 Å². The van der Waals surface area contributed by atoms with E-state index in [-0.39, 0.29) is 11.9 Å². The maximum Gasteiger partial charge on any atom is 0.298 e. The fraction of sp³-hybridized carbons (Fsp3) is 0.429. The van der Waals surface area contributed by atoms with Crippen LogP contribution in [0, 0.1) is 0 Å². The van der Waals surface area contributed by atoms with Gasteiger partial charge in [0.1, 0.15) is 0 Å². The number of nitrogens with two attached hydrogens (primary N) is 4. The van der Waals surface area contributed by atoms with Crippen molar-refractivity contribution in [3.8, 4) is 0 Å². The maximum atomic E-state index is 10.7. The normalized spacial score (nSPS) is 12.1. The van der Waals surface area contributed by atoms with Crippen LogP contribution in [0.3, 0.4) is 0 Å². The quantitative estimate of drug-likeness (QED) is 0.206. The van der Waals surface area contributed by atoms with Crippen molar-refractivity contribution in [3.63, 3.8) is 0 Å². The summed E-state index contributed by atoms with van der Waals surface area (Å²) in [6.07, 6.45) is 0. The smallest absolute Gasteiger partial charge is 0.298 e. The van der Waals surface area contributed by atoms with Crippen LogP contribution in [0.25, 0.3) is 0 Å². The third-order valence-corrected chi connectivity index (χ3v) is 3.75. The molecule has 0 saturated heterocycles. The van der Waals surface area contributed by atoms with Gasteiger partial charge in [-0.2, -0.15) is 29.5 Å². The molecule has 0 aliphatic carbocycles. The molecule has 0 aliphatic rings. The lowest BCUT2D eigenvalue weighted by Gasteiger charge is -2.01. The first-order valence-electron chi connectivity index (χ1n) is 5.36. The monoisotopic (exact) mass is 353 g/mol. The van der Waals surface area contributed by atoms with Crippen LogP contribution in [-0.4, -0.2) is 42.0 Å². The maximum absolute atomic E-state index is 10.7. The van der Waals surface area contributed by atoms with E-state index in [4.69, 9.17) is 22.3 Å². The third-order valence-electron chi connectivity index (χ3n) is 1.68. The Morgan fingerprint density at radius 3 is 2.71 bits per heavy atom. The number of guanidine groups is 2. The summed E-state index contributed by atoms with van der Waals surface area (Å²) in [5.41, 5.74) is 15.8. The Bertz CT molecular complexity index is 619. The molecular weight excluding hydrogens is 338 g/mol. The second-order valence-corrected chi connectivity index (χ2v) is 6.63. The highest BCUT2D eigenvalue weighted by atomic mass is 32.2. The number of aromatic nitrogens is 2. The molecule has 0 amide bonds. The number of nitrogens with zero attached hydrogens (tertiary/aromatic N) is 4. The molecule has 1 heterocycles. The molecule has 1 aromatic heterocycles. The molecule has 0 atom stereocenters. The number of hydrogen-bond acceptors (Lipinski definition) is 8. The van der Waals surface area contributed by atoms with Crippen LogP contribution in [0.4, 0.5) is 5.13 Å². The molecule has 118 valence electrons. The van der Waals surface area contributed by atoms with Crippen molar-refractivity contribution < 1.29 is 8.42 Å². The third kappa shape index (κ3) is 8.28. The van der Waals surface area contributed by atoms with Gasteiger partial charge >= 0.3 is 0 Å². The first-order chi connectivity index (χ1) is 9.76. The van der Waals surface area contributed by atoms with E-state index in [1.165, 1.54) is 11.8 Å². The molecule has 0 saturated carbocycles. The number of nitrogens with one attached hydrogen (secondary N) is 1. The number of hydrogen-bond donors (Lipinski definition) is 5. The van der Waals surface area contributed by atoms with Crippen LogP contribution >= 0.6 is 23.3 Å². The SMILES string of the molecule is NC(N)=Nc1nc(CSCCN=C(N)NS(N)(=O)=O)ns1. The molecule has 0 bridgehead atoms. The van der Waals surface area contributed by atoms with Gasteiger partial charge in [0.25, 0.3) is 10.2 Å². The lowest BCUT2D eigenvalue weighted by molar-refractivity contribution is 0.594. The molecule has 0 unspecified atom stereocenters. The van der Waals surface area contributed by atoms with Gasteiger partial charge in [0.05, 0.1) is 12.3 Å². The average Bonchev–Trinajstić information content (AvgIpc) is 2.73. The fourth-order valence-corrected chi connectivity index (χ4v) is 2.73. The topological polar surface area (TPSA) is 201 Å². The summed E-state index contributed by atoms with van der Waals surface area (Å²) in [6.45, 7) is 0.323. The Hall–Kier alpha value is -1.64. The van der Waals surface area contributed by atoms with Crippen LogP contribution in [0.5, 0.6) is 0 Å². The van der Waals surface area contributed by atoms with E-state index in [1.807, 2.05) is 4.72 Å². The van der Waals surface area contributed by atoms with Gasteiger partial charge in [-0.05, 0) is 0 Å². The molecule has 0 aliphatic heterocycles. The molecule has 0 aromatic carbocycles. The Labute approximate surface area is 129 Å². The molecule has 14 heteroatoms. The van der Waals surface area contributed by atoms with Crippen LogP contribution in [0.1, 0.15) is 5.82 Å². The highest BCUT2D eigenvalue weighted by molar-refractivity contribution is 7.98. The minimum absolute atomic E-state index is 0.0717. The van der Waals surface area contributed by atoms with Crippen LogP contribution in [0.2, 0.25) is 0 Å². The summed E-state index contributed by atoms with van der Waals surface area (Å²) in [6, 6.07) is 0. The Balaban J connectivity index is 2.30. The van der Waals surface area contributed by atoms with Crippen molar-refractivity contribution in [1.82, 2.24) is 14.1 Å². The number of rotatable bonds is 7. The van der Waals surface area contributed by atoms with E-state index in [0.29, 0.717) is 29.0 Å². The first kappa shape index (κ1) is 17.4. The van der Waals surface area contributed by atoms with Crippen molar-refractivity contribution in [2.24, 2.45) is 32.3 Å². The fourth-order valence-electron chi connectivity index (χ4n) is 1.03. The zero-order valence-electron chi connectivity index (χ0n) is 10.8. The standard InChI is InChI=1S/C7H15N9O2S3/c8-5(9)14-7-13-4(15-20-7)3-19-2-1-12-6(10)16-21(11,17)18/h1-3H2,(H3,10,12,16)(H2,11,17,18)(H4,8,9,13,14,15). The van der Waals surface area contributed by atoms with Gasteiger partial charge in [-0.3, -0.25) is 4.99 Å². The van der Waals surface area contributed by atoms with Gasteiger partial charge in [-0.15, -0.1) is 0 Å². The zero-order chi connectivity index (χ0) is 15.9. The molecule has 0 radical (unpaired) electrons. The summed E-state index contributed by atoms with van der Waals surface area (Å²) >= 11 is 2.59. The van der Waals surface area contributed by atoms with Gasteiger partial charge in [0.2, 0.25) is 11.1 Å². The molecule has 1 rings (SSSR count). The van der Waals surface area contributed by atoms with Crippen molar-refractivity contribution in [3.05, 3.63) is 5.82 Å². The van der Waals surface area contributed by atoms with E-state index in [1.54, 1.807) is 0 Å². The van der Waals surface area contributed by atoms with Crippen molar-refractivity contribution in [1.29, 1.82) is 0 Å². The van der Waals surface area contributed by atoms with Gasteiger partial charge < -0.3 is 17.2 Å². The second-order valence-electron chi connectivity index (χ2n) is 3.50.